The van der Waals surface area contributed by atoms with Crippen molar-refractivity contribution in [3.8, 4) is 5.75 Å². The molecule has 1 aromatic heterocycles. The van der Waals surface area contributed by atoms with Gasteiger partial charge in [-0.2, -0.15) is 0 Å². The highest BCUT2D eigenvalue weighted by Crippen LogP contribution is 2.31. The van der Waals surface area contributed by atoms with Gasteiger partial charge in [-0.15, -0.1) is 0 Å². The second kappa shape index (κ2) is 6.29. The molecule has 0 spiro atoms. The number of anilines is 2. The molecule has 0 amide bonds. The topological polar surface area (TPSA) is 47.0 Å². The van der Waals surface area contributed by atoms with Gasteiger partial charge in [0.05, 0.1) is 12.1 Å². The molecule has 0 aliphatic heterocycles. The van der Waals surface area contributed by atoms with E-state index in [4.69, 9.17) is 27.9 Å². The van der Waals surface area contributed by atoms with Crippen LogP contribution in [-0.2, 0) is 0 Å². The standard InChI is InChI=1S/C14H15Cl2N3O/c1-8(2)10-7-17-14(16)19-13(10)18-9-4-5-11(15)12(6-9)20-3/h4-8H,1-3H3,(H,17,18,19). The lowest BCUT2D eigenvalue weighted by molar-refractivity contribution is 0.415. The Labute approximate surface area is 128 Å². The highest BCUT2D eigenvalue weighted by molar-refractivity contribution is 6.32. The van der Waals surface area contributed by atoms with E-state index in [1.165, 1.54) is 0 Å². The second-order valence-electron chi connectivity index (χ2n) is 4.57. The van der Waals surface area contributed by atoms with Gasteiger partial charge in [0, 0.05) is 23.5 Å². The van der Waals surface area contributed by atoms with E-state index in [1.54, 1.807) is 19.4 Å². The summed E-state index contributed by atoms with van der Waals surface area (Å²) in [7, 11) is 1.58. The molecule has 6 heteroatoms. The molecule has 0 bridgehead atoms. The van der Waals surface area contributed by atoms with E-state index in [0.717, 1.165) is 11.3 Å². The van der Waals surface area contributed by atoms with E-state index >= 15 is 0 Å². The lowest BCUT2D eigenvalue weighted by atomic mass is 10.1. The maximum Gasteiger partial charge on any atom is 0.224 e. The predicted molar refractivity (Wildman–Crippen MR) is 82.4 cm³/mol. The SMILES string of the molecule is COc1cc(Nc2nc(Cl)ncc2C(C)C)ccc1Cl. The average Bonchev–Trinajstić information content (AvgIpc) is 2.40. The molecule has 0 saturated carbocycles. The molecule has 106 valence electrons. The lowest BCUT2D eigenvalue weighted by Crippen LogP contribution is -2.02. The summed E-state index contributed by atoms with van der Waals surface area (Å²) in [6, 6.07) is 5.42. The maximum atomic E-state index is 6.01. The van der Waals surface area contributed by atoms with Crippen LogP contribution in [0.1, 0.15) is 25.3 Å². The van der Waals surface area contributed by atoms with Gasteiger partial charge >= 0.3 is 0 Å². The van der Waals surface area contributed by atoms with Crippen molar-refractivity contribution in [3.05, 3.63) is 40.3 Å². The number of benzene rings is 1. The predicted octanol–water partition coefficient (Wildman–Crippen LogP) is 4.66. The van der Waals surface area contributed by atoms with Crippen molar-refractivity contribution in [2.45, 2.75) is 19.8 Å². The van der Waals surface area contributed by atoms with Gasteiger partial charge in [-0.1, -0.05) is 25.4 Å². The number of aromatic nitrogens is 2. The van der Waals surface area contributed by atoms with Gasteiger partial charge in [0.1, 0.15) is 11.6 Å². The zero-order chi connectivity index (χ0) is 14.7. The Hall–Kier alpha value is -1.52. The van der Waals surface area contributed by atoms with E-state index in [-0.39, 0.29) is 11.2 Å². The van der Waals surface area contributed by atoms with Crippen LogP contribution < -0.4 is 10.1 Å². The summed E-state index contributed by atoms with van der Waals surface area (Å²) in [6.45, 7) is 4.14. The normalized spacial score (nSPS) is 10.7. The van der Waals surface area contributed by atoms with Crippen molar-refractivity contribution < 1.29 is 4.74 Å². The Bertz CT molecular complexity index is 617. The quantitative estimate of drug-likeness (QED) is 0.834. The van der Waals surface area contributed by atoms with E-state index in [1.807, 2.05) is 12.1 Å². The lowest BCUT2D eigenvalue weighted by Gasteiger charge is -2.14. The summed E-state index contributed by atoms with van der Waals surface area (Å²) in [4.78, 5) is 8.26. The van der Waals surface area contributed by atoms with E-state index < -0.39 is 0 Å². The van der Waals surface area contributed by atoms with Crippen LogP contribution >= 0.6 is 23.2 Å². The summed E-state index contributed by atoms with van der Waals surface area (Å²) in [5.74, 6) is 1.57. The van der Waals surface area contributed by atoms with Gasteiger partial charge in [0.2, 0.25) is 5.28 Å². The molecule has 0 radical (unpaired) electrons. The van der Waals surface area contributed by atoms with Crippen molar-refractivity contribution in [2.75, 3.05) is 12.4 Å². The minimum absolute atomic E-state index is 0.206. The van der Waals surface area contributed by atoms with Crippen LogP contribution in [0.2, 0.25) is 10.3 Å². The van der Waals surface area contributed by atoms with E-state index in [9.17, 15) is 0 Å². The number of nitrogens with zero attached hydrogens (tertiary/aromatic N) is 2. The maximum absolute atomic E-state index is 6.01. The van der Waals surface area contributed by atoms with Gasteiger partial charge in [0.15, 0.2) is 0 Å². The second-order valence-corrected chi connectivity index (χ2v) is 5.32. The minimum atomic E-state index is 0.206. The molecular weight excluding hydrogens is 297 g/mol. The van der Waals surface area contributed by atoms with Gasteiger partial charge in [-0.3, -0.25) is 0 Å². The number of halogens is 2. The van der Waals surface area contributed by atoms with Crippen molar-refractivity contribution in [3.63, 3.8) is 0 Å². The van der Waals surface area contributed by atoms with Crippen molar-refractivity contribution >= 4 is 34.7 Å². The number of hydrogen-bond acceptors (Lipinski definition) is 4. The third-order valence-electron chi connectivity index (χ3n) is 2.82. The van der Waals surface area contributed by atoms with Crippen molar-refractivity contribution in [1.29, 1.82) is 0 Å². The molecule has 20 heavy (non-hydrogen) atoms. The molecule has 0 unspecified atom stereocenters. The smallest absolute Gasteiger partial charge is 0.224 e. The molecule has 1 aromatic carbocycles. The van der Waals surface area contributed by atoms with Crippen LogP contribution in [0, 0.1) is 0 Å². The third-order valence-corrected chi connectivity index (χ3v) is 3.32. The van der Waals surface area contributed by atoms with Gasteiger partial charge < -0.3 is 10.1 Å². The van der Waals surface area contributed by atoms with Crippen LogP contribution in [-0.4, -0.2) is 17.1 Å². The largest absolute Gasteiger partial charge is 0.495 e. The summed E-state index contributed by atoms with van der Waals surface area (Å²) < 4.78 is 5.19. The molecule has 4 nitrogen and oxygen atoms in total. The van der Waals surface area contributed by atoms with Crippen molar-refractivity contribution in [2.24, 2.45) is 0 Å². The molecule has 0 atom stereocenters. The summed E-state index contributed by atoms with van der Waals surface area (Å²) in [5, 5.41) is 3.99. The molecule has 0 aliphatic carbocycles. The summed E-state index contributed by atoms with van der Waals surface area (Å²) in [5.41, 5.74) is 1.81. The number of nitrogens with one attached hydrogen (secondary N) is 1. The number of methoxy groups -OCH3 is 1. The summed E-state index contributed by atoms with van der Waals surface area (Å²) in [6.07, 6.45) is 1.73. The van der Waals surface area contributed by atoms with Crippen molar-refractivity contribution in [1.82, 2.24) is 9.97 Å². The molecule has 1 heterocycles. The number of rotatable bonds is 4. The Kier molecular flexibility index (Phi) is 4.68. The molecule has 1 N–H and O–H groups in total. The molecular formula is C14H15Cl2N3O. The zero-order valence-corrected chi connectivity index (χ0v) is 13.0. The third kappa shape index (κ3) is 3.32. The molecule has 2 rings (SSSR count). The fourth-order valence-corrected chi connectivity index (χ4v) is 2.09. The minimum Gasteiger partial charge on any atom is -0.495 e. The monoisotopic (exact) mass is 311 g/mol. The summed E-state index contributed by atoms with van der Waals surface area (Å²) >= 11 is 11.9. The highest BCUT2D eigenvalue weighted by Gasteiger charge is 2.11. The van der Waals surface area contributed by atoms with Crippen LogP contribution in [0.3, 0.4) is 0 Å². The van der Waals surface area contributed by atoms with Crippen LogP contribution in [0.25, 0.3) is 0 Å². The first-order chi connectivity index (χ1) is 9.51. The Morgan fingerprint density at radius 3 is 2.65 bits per heavy atom. The first kappa shape index (κ1) is 14.9. The van der Waals surface area contributed by atoms with Crippen LogP contribution in [0.15, 0.2) is 24.4 Å². The molecule has 0 aliphatic rings. The highest BCUT2D eigenvalue weighted by atomic mass is 35.5. The first-order valence-electron chi connectivity index (χ1n) is 6.14. The number of ether oxygens (including phenoxy) is 1. The fraction of sp³-hybridized carbons (Fsp3) is 0.286. The van der Waals surface area contributed by atoms with E-state index in [0.29, 0.717) is 16.6 Å². The van der Waals surface area contributed by atoms with Crippen LogP contribution in [0.4, 0.5) is 11.5 Å². The average molecular weight is 312 g/mol. The van der Waals surface area contributed by atoms with Gasteiger partial charge in [0.25, 0.3) is 0 Å². The molecule has 0 saturated heterocycles. The van der Waals surface area contributed by atoms with Gasteiger partial charge in [-0.25, -0.2) is 9.97 Å². The Morgan fingerprint density at radius 2 is 2.00 bits per heavy atom. The number of hydrogen-bond donors (Lipinski definition) is 1. The van der Waals surface area contributed by atoms with E-state index in [2.05, 4.69) is 29.1 Å². The fourth-order valence-electron chi connectivity index (χ4n) is 1.77. The molecule has 0 fully saturated rings. The first-order valence-corrected chi connectivity index (χ1v) is 6.90. The Morgan fingerprint density at radius 1 is 1.25 bits per heavy atom. The van der Waals surface area contributed by atoms with Gasteiger partial charge in [-0.05, 0) is 29.7 Å². The Balaban J connectivity index is 2.36. The van der Waals surface area contributed by atoms with Crippen LogP contribution in [0.5, 0.6) is 5.75 Å². The molecule has 2 aromatic rings. The zero-order valence-electron chi connectivity index (χ0n) is 11.4.